The van der Waals surface area contributed by atoms with Gasteiger partial charge in [-0.15, -0.1) is 11.8 Å². The first-order valence-electron chi connectivity index (χ1n) is 11.3. The van der Waals surface area contributed by atoms with Crippen LogP contribution in [0.5, 0.6) is 5.75 Å². The molecule has 6 bridgehead atoms. The van der Waals surface area contributed by atoms with Gasteiger partial charge in [0, 0.05) is 46.4 Å². The minimum Gasteiger partial charge on any atom is -0.493 e. The van der Waals surface area contributed by atoms with Crippen LogP contribution in [0.25, 0.3) is 0 Å². The van der Waals surface area contributed by atoms with E-state index in [1.54, 1.807) is 23.9 Å². The number of carbonyl (C=O) groups is 1. The van der Waals surface area contributed by atoms with Gasteiger partial charge in [0.15, 0.2) is 5.82 Å². The van der Waals surface area contributed by atoms with E-state index in [1.807, 2.05) is 60.7 Å². The van der Waals surface area contributed by atoms with Crippen molar-refractivity contribution in [1.82, 2.24) is 15.3 Å². The number of benzene rings is 3. The van der Waals surface area contributed by atoms with E-state index in [-0.39, 0.29) is 6.03 Å². The molecule has 5 rings (SSSR count). The summed E-state index contributed by atoms with van der Waals surface area (Å²) in [7, 11) is 0. The minimum atomic E-state index is -0.322. The third-order valence-electron chi connectivity index (χ3n) is 5.18. The standard InChI is InChI=1S/C26H23ClN6O2S/c27-23-16-28-25-31-19-11-20(32-26(34)29-15-17-5-2-1-3-6-17)13-21(12-19)35-9-10-36-22-8-4-7-18(14-22)30-24(23)33-25/h1-8,11-14,16H,9-10,15H2,(H2,29,32,34)(H2,28,30,31,33). The number of fused-ring (bicyclic) bond motifs is 6. The predicted octanol–water partition coefficient (Wildman–Crippen LogP) is 6.42. The van der Waals surface area contributed by atoms with Crippen molar-refractivity contribution in [3.8, 4) is 5.75 Å². The van der Waals surface area contributed by atoms with Crippen molar-refractivity contribution in [2.75, 3.05) is 28.3 Å². The molecule has 0 spiro atoms. The summed E-state index contributed by atoms with van der Waals surface area (Å²) in [5.74, 6) is 2.18. The highest BCUT2D eigenvalue weighted by molar-refractivity contribution is 7.99. The number of hydrogen-bond donors (Lipinski definition) is 4. The van der Waals surface area contributed by atoms with Crippen LogP contribution in [-0.4, -0.2) is 28.4 Å². The zero-order valence-corrected chi connectivity index (χ0v) is 20.7. The first-order valence-corrected chi connectivity index (χ1v) is 12.6. The average Bonchev–Trinajstić information content (AvgIpc) is 2.88. The summed E-state index contributed by atoms with van der Waals surface area (Å²) >= 11 is 8.03. The number of carbonyl (C=O) groups excluding carboxylic acids is 1. The van der Waals surface area contributed by atoms with Gasteiger partial charge in [-0.3, -0.25) is 0 Å². The van der Waals surface area contributed by atoms with Crippen LogP contribution in [0.3, 0.4) is 0 Å². The summed E-state index contributed by atoms with van der Waals surface area (Å²) in [6, 6.07) is 22.8. The molecule has 0 aliphatic carbocycles. The number of anilines is 5. The van der Waals surface area contributed by atoms with Crippen LogP contribution in [-0.2, 0) is 6.54 Å². The highest BCUT2D eigenvalue weighted by Crippen LogP contribution is 2.30. The molecule has 36 heavy (non-hydrogen) atoms. The number of nitrogens with one attached hydrogen (secondary N) is 4. The van der Waals surface area contributed by atoms with E-state index in [9.17, 15) is 4.79 Å². The van der Waals surface area contributed by atoms with Crippen molar-refractivity contribution < 1.29 is 9.53 Å². The molecule has 3 aromatic carbocycles. The Morgan fingerprint density at radius 1 is 1.03 bits per heavy atom. The largest absolute Gasteiger partial charge is 0.493 e. The van der Waals surface area contributed by atoms with E-state index in [4.69, 9.17) is 16.3 Å². The summed E-state index contributed by atoms with van der Waals surface area (Å²) in [5.41, 5.74) is 3.10. The number of aromatic nitrogens is 2. The van der Waals surface area contributed by atoms with Crippen molar-refractivity contribution in [1.29, 1.82) is 0 Å². The lowest BCUT2D eigenvalue weighted by Crippen LogP contribution is -2.28. The number of ether oxygens (including phenoxy) is 1. The van der Waals surface area contributed by atoms with Crippen LogP contribution in [0.2, 0.25) is 5.02 Å². The molecule has 182 valence electrons. The molecular formula is C26H23ClN6O2S. The number of urea groups is 1. The van der Waals surface area contributed by atoms with Gasteiger partial charge < -0.3 is 26.0 Å². The van der Waals surface area contributed by atoms with E-state index in [2.05, 4.69) is 31.2 Å². The Balaban J connectivity index is 1.38. The zero-order chi connectivity index (χ0) is 24.7. The SMILES string of the molecule is O=C(NCc1ccccc1)Nc1cc2cc(c1)OCCSc1cccc(c1)Nc1nc(ncc1Cl)N2. The first-order chi connectivity index (χ1) is 17.6. The smallest absolute Gasteiger partial charge is 0.319 e. The molecule has 4 N–H and O–H groups in total. The summed E-state index contributed by atoms with van der Waals surface area (Å²) in [6.45, 7) is 0.905. The van der Waals surface area contributed by atoms with Gasteiger partial charge in [-0.1, -0.05) is 48.0 Å². The second-order valence-corrected chi connectivity index (χ2v) is 9.48. The van der Waals surface area contributed by atoms with Gasteiger partial charge in [0.05, 0.1) is 12.8 Å². The zero-order valence-electron chi connectivity index (χ0n) is 19.1. The number of halogens is 1. The maximum Gasteiger partial charge on any atom is 0.319 e. The maximum atomic E-state index is 12.5. The molecule has 2 heterocycles. The number of hydrogen-bond acceptors (Lipinski definition) is 7. The molecule has 0 unspecified atom stereocenters. The molecule has 0 radical (unpaired) electrons. The molecule has 1 aliphatic heterocycles. The number of thioether (sulfide) groups is 1. The van der Waals surface area contributed by atoms with E-state index >= 15 is 0 Å². The van der Waals surface area contributed by atoms with Gasteiger partial charge in [-0.2, -0.15) is 4.98 Å². The fourth-order valence-electron chi connectivity index (χ4n) is 3.54. The molecule has 0 saturated heterocycles. The molecule has 0 atom stereocenters. The lowest BCUT2D eigenvalue weighted by atomic mass is 10.2. The van der Waals surface area contributed by atoms with Crippen molar-refractivity contribution in [2.24, 2.45) is 0 Å². The van der Waals surface area contributed by atoms with Crippen molar-refractivity contribution >= 4 is 58.2 Å². The first kappa shape index (κ1) is 23.8. The highest BCUT2D eigenvalue weighted by atomic mass is 35.5. The van der Waals surface area contributed by atoms with Gasteiger partial charge in [0.2, 0.25) is 5.95 Å². The van der Waals surface area contributed by atoms with Gasteiger partial charge in [-0.05, 0) is 29.8 Å². The summed E-state index contributed by atoms with van der Waals surface area (Å²) in [4.78, 5) is 22.5. The van der Waals surface area contributed by atoms with E-state index in [1.165, 1.54) is 6.20 Å². The van der Waals surface area contributed by atoms with E-state index < -0.39 is 0 Å². The highest BCUT2D eigenvalue weighted by Gasteiger charge is 2.11. The van der Waals surface area contributed by atoms with Gasteiger partial charge in [0.25, 0.3) is 0 Å². The molecule has 10 heteroatoms. The fraction of sp³-hybridized carbons (Fsp3) is 0.115. The van der Waals surface area contributed by atoms with E-state index in [0.717, 1.165) is 21.9 Å². The Kier molecular flexibility index (Phi) is 7.39. The average molecular weight is 519 g/mol. The second kappa shape index (κ2) is 11.2. The van der Waals surface area contributed by atoms with Crippen LogP contribution in [0.1, 0.15) is 5.56 Å². The quantitative estimate of drug-likeness (QED) is 0.248. The third kappa shape index (κ3) is 6.38. The molecule has 4 aromatic rings. The molecule has 2 amide bonds. The topological polar surface area (TPSA) is 100 Å². The Labute approximate surface area is 217 Å². The minimum absolute atomic E-state index is 0.322. The molecule has 8 nitrogen and oxygen atoms in total. The maximum absolute atomic E-state index is 12.5. The molecule has 0 saturated carbocycles. The van der Waals surface area contributed by atoms with Gasteiger partial charge >= 0.3 is 6.03 Å². The Morgan fingerprint density at radius 3 is 2.81 bits per heavy atom. The van der Waals surface area contributed by atoms with Gasteiger partial charge in [-0.25, -0.2) is 9.78 Å². The Morgan fingerprint density at radius 2 is 1.92 bits per heavy atom. The second-order valence-electron chi connectivity index (χ2n) is 7.90. The van der Waals surface area contributed by atoms with Crippen LogP contribution in [0.4, 0.5) is 33.6 Å². The van der Waals surface area contributed by atoms with Crippen LogP contribution in [0, 0.1) is 0 Å². The Hall–Kier alpha value is -3.95. The lowest BCUT2D eigenvalue weighted by molar-refractivity contribution is 0.251. The monoisotopic (exact) mass is 518 g/mol. The van der Waals surface area contributed by atoms with Crippen LogP contribution >= 0.6 is 23.4 Å². The number of nitrogens with zero attached hydrogens (tertiary/aromatic N) is 2. The number of rotatable bonds is 3. The van der Waals surface area contributed by atoms with Crippen LogP contribution in [0.15, 0.2) is 83.9 Å². The summed E-state index contributed by atoms with van der Waals surface area (Å²) < 4.78 is 6.01. The lowest BCUT2D eigenvalue weighted by Gasteiger charge is -2.14. The van der Waals surface area contributed by atoms with Crippen molar-refractivity contribution in [3.05, 3.63) is 89.6 Å². The van der Waals surface area contributed by atoms with Crippen molar-refractivity contribution in [3.63, 3.8) is 0 Å². The normalized spacial score (nSPS) is 12.6. The van der Waals surface area contributed by atoms with E-state index in [0.29, 0.717) is 47.1 Å². The molecule has 0 fully saturated rings. The van der Waals surface area contributed by atoms with Crippen molar-refractivity contribution in [2.45, 2.75) is 11.4 Å². The Bertz CT molecular complexity index is 1370. The van der Waals surface area contributed by atoms with Crippen LogP contribution < -0.4 is 26.0 Å². The number of amides is 2. The molecule has 1 aromatic heterocycles. The molecule has 1 aliphatic rings. The predicted molar refractivity (Wildman–Crippen MR) is 145 cm³/mol. The third-order valence-corrected chi connectivity index (χ3v) is 6.41. The summed E-state index contributed by atoms with van der Waals surface area (Å²) in [6.07, 6.45) is 1.53. The van der Waals surface area contributed by atoms with Gasteiger partial charge in [0.1, 0.15) is 10.8 Å². The fourth-order valence-corrected chi connectivity index (χ4v) is 4.47. The summed E-state index contributed by atoms with van der Waals surface area (Å²) in [5, 5.41) is 12.6. The molecular weight excluding hydrogens is 496 g/mol.